The Hall–Kier alpha value is -2.22. The van der Waals surface area contributed by atoms with E-state index in [-0.39, 0.29) is 0 Å². The summed E-state index contributed by atoms with van der Waals surface area (Å²) in [5, 5.41) is 3.84. The Balaban J connectivity index is 1.54. The molecule has 0 radical (unpaired) electrons. The SMILES string of the molecule is CCCCCCOc1ccc2c(c1)C1C=CCC1C(c1ccccc1C)N2. The van der Waals surface area contributed by atoms with Crippen LogP contribution in [-0.4, -0.2) is 6.61 Å². The maximum Gasteiger partial charge on any atom is 0.119 e. The number of nitrogens with one attached hydrogen (secondary N) is 1. The zero-order valence-corrected chi connectivity index (χ0v) is 16.6. The number of rotatable bonds is 7. The maximum absolute atomic E-state index is 6.05. The van der Waals surface area contributed by atoms with Gasteiger partial charge in [-0.1, -0.05) is 62.6 Å². The predicted octanol–water partition coefficient (Wildman–Crippen LogP) is 6.78. The first-order valence-electron chi connectivity index (χ1n) is 10.5. The van der Waals surface area contributed by atoms with Gasteiger partial charge in [0.05, 0.1) is 12.6 Å². The third-order valence-electron chi connectivity index (χ3n) is 6.12. The summed E-state index contributed by atoms with van der Waals surface area (Å²) < 4.78 is 6.05. The van der Waals surface area contributed by atoms with E-state index in [0.29, 0.717) is 17.9 Å². The first-order chi connectivity index (χ1) is 13.3. The summed E-state index contributed by atoms with van der Waals surface area (Å²) in [7, 11) is 0. The van der Waals surface area contributed by atoms with Gasteiger partial charge >= 0.3 is 0 Å². The van der Waals surface area contributed by atoms with Crippen LogP contribution in [-0.2, 0) is 0 Å². The highest BCUT2D eigenvalue weighted by molar-refractivity contribution is 5.62. The molecule has 0 amide bonds. The van der Waals surface area contributed by atoms with E-state index < -0.39 is 0 Å². The lowest BCUT2D eigenvalue weighted by molar-refractivity contribution is 0.304. The van der Waals surface area contributed by atoms with Crippen molar-refractivity contribution in [3.8, 4) is 5.75 Å². The van der Waals surface area contributed by atoms with Crippen LogP contribution in [0.2, 0.25) is 0 Å². The normalized spacial score (nSPS) is 22.8. The lowest BCUT2D eigenvalue weighted by Gasteiger charge is -2.38. The Bertz CT molecular complexity index is 810. The predicted molar refractivity (Wildman–Crippen MR) is 114 cm³/mol. The molecule has 1 aliphatic carbocycles. The molecule has 0 aromatic heterocycles. The molecule has 2 heteroatoms. The molecule has 27 heavy (non-hydrogen) atoms. The van der Waals surface area contributed by atoms with Crippen molar-refractivity contribution in [3.63, 3.8) is 0 Å². The van der Waals surface area contributed by atoms with Gasteiger partial charge < -0.3 is 10.1 Å². The first kappa shape index (κ1) is 18.2. The van der Waals surface area contributed by atoms with Crippen molar-refractivity contribution in [2.45, 2.75) is 57.9 Å². The number of allylic oxidation sites excluding steroid dienone is 2. The smallest absolute Gasteiger partial charge is 0.119 e. The van der Waals surface area contributed by atoms with Crippen LogP contribution in [0.5, 0.6) is 5.75 Å². The van der Waals surface area contributed by atoms with E-state index >= 15 is 0 Å². The Morgan fingerprint density at radius 3 is 2.78 bits per heavy atom. The molecule has 1 N–H and O–H groups in total. The fourth-order valence-electron chi connectivity index (χ4n) is 4.62. The van der Waals surface area contributed by atoms with Gasteiger partial charge in [-0.25, -0.2) is 0 Å². The van der Waals surface area contributed by atoms with Crippen LogP contribution < -0.4 is 10.1 Å². The molecule has 1 heterocycles. The zero-order chi connectivity index (χ0) is 18.6. The van der Waals surface area contributed by atoms with Crippen molar-refractivity contribution in [1.82, 2.24) is 0 Å². The number of ether oxygens (including phenoxy) is 1. The highest BCUT2D eigenvalue weighted by Crippen LogP contribution is 2.50. The largest absolute Gasteiger partial charge is 0.494 e. The van der Waals surface area contributed by atoms with Gasteiger partial charge in [0.2, 0.25) is 0 Å². The number of unbranched alkanes of at least 4 members (excludes halogenated alkanes) is 3. The number of benzene rings is 2. The van der Waals surface area contributed by atoms with Crippen molar-refractivity contribution in [3.05, 3.63) is 71.3 Å². The second-order valence-electron chi connectivity index (χ2n) is 7.99. The molecule has 0 saturated heterocycles. The Labute approximate surface area is 163 Å². The molecule has 3 unspecified atom stereocenters. The third-order valence-corrected chi connectivity index (χ3v) is 6.12. The molecule has 4 rings (SSSR count). The summed E-state index contributed by atoms with van der Waals surface area (Å²) in [4.78, 5) is 0. The Morgan fingerprint density at radius 1 is 1.04 bits per heavy atom. The van der Waals surface area contributed by atoms with Crippen molar-refractivity contribution in [2.24, 2.45) is 5.92 Å². The van der Waals surface area contributed by atoms with Crippen molar-refractivity contribution >= 4 is 5.69 Å². The Morgan fingerprint density at radius 2 is 1.93 bits per heavy atom. The van der Waals surface area contributed by atoms with Crippen molar-refractivity contribution in [2.75, 3.05) is 11.9 Å². The Kier molecular flexibility index (Phi) is 5.52. The van der Waals surface area contributed by atoms with E-state index in [2.05, 4.69) is 73.8 Å². The fourth-order valence-corrected chi connectivity index (χ4v) is 4.62. The molecule has 2 aromatic rings. The number of hydrogen-bond donors (Lipinski definition) is 1. The van der Waals surface area contributed by atoms with Crippen molar-refractivity contribution < 1.29 is 4.74 Å². The molecule has 0 spiro atoms. The first-order valence-corrected chi connectivity index (χ1v) is 10.5. The highest BCUT2D eigenvalue weighted by atomic mass is 16.5. The molecule has 2 aromatic carbocycles. The lowest BCUT2D eigenvalue weighted by Crippen LogP contribution is -2.29. The van der Waals surface area contributed by atoms with E-state index in [4.69, 9.17) is 4.74 Å². The molecule has 0 bridgehead atoms. The lowest BCUT2D eigenvalue weighted by atomic mass is 9.76. The second kappa shape index (κ2) is 8.21. The monoisotopic (exact) mass is 361 g/mol. The second-order valence-corrected chi connectivity index (χ2v) is 7.99. The molecule has 0 saturated carbocycles. The summed E-state index contributed by atoms with van der Waals surface area (Å²) >= 11 is 0. The van der Waals surface area contributed by atoms with Crippen LogP contribution in [0.1, 0.15) is 67.7 Å². The van der Waals surface area contributed by atoms with E-state index in [1.54, 1.807) is 0 Å². The molecule has 1 aliphatic heterocycles. The van der Waals surface area contributed by atoms with Crippen LogP contribution >= 0.6 is 0 Å². The molecule has 142 valence electrons. The van der Waals surface area contributed by atoms with E-state index in [0.717, 1.165) is 25.2 Å². The number of aryl methyl sites for hydroxylation is 1. The zero-order valence-electron chi connectivity index (χ0n) is 16.6. The summed E-state index contributed by atoms with van der Waals surface area (Å²) in [6, 6.07) is 15.8. The average molecular weight is 362 g/mol. The van der Waals surface area contributed by atoms with Gasteiger partial charge in [-0.05, 0) is 60.6 Å². The minimum atomic E-state index is 0.375. The molecular formula is C25H31NO. The number of fused-ring (bicyclic) bond motifs is 3. The summed E-state index contributed by atoms with van der Waals surface area (Å²) in [6.45, 7) is 5.29. The van der Waals surface area contributed by atoms with Crippen LogP contribution in [0.15, 0.2) is 54.6 Å². The van der Waals surface area contributed by atoms with E-state index in [1.807, 2.05) is 0 Å². The van der Waals surface area contributed by atoms with Gasteiger partial charge in [0.25, 0.3) is 0 Å². The van der Waals surface area contributed by atoms with Crippen LogP contribution in [0.4, 0.5) is 5.69 Å². The molecular weight excluding hydrogens is 330 g/mol. The number of anilines is 1. The van der Waals surface area contributed by atoms with Crippen molar-refractivity contribution in [1.29, 1.82) is 0 Å². The van der Waals surface area contributed by atoms with Gasteiger partial charge in [-0.15, -0.1) is 0 Å². The molecule has 3 atom stereocenters. The maximum atomic E-state index is 6.05. The molecule has 0 fully saturated rings. The third kappa shape index (κ3) is 3.76. The summed E-state index contributed by atoms with van der Waals surface area (Å²) in [6.07, 6.45) is 10.9. The number of hydrogen-bond acceptors (Lipinski definition) is 2. The minimum Gasteiger partial charge on any atom is -0.494 e. The van der Waals surface area contributed by atoms with Gasteiger partial charge in [-0.2, -0.15) is 0 Å². The van der Waals surface area contributed by atoms with E-state index in [1.165, 1.54) is 41.6 Å². The van der Waals surface area contributed by atoms with Crippen LogP contribution in [0.3, 0.4) is 0 Å². The average Bonchev–Trinajstić information content (AvgIpc) is 3.18. The summed E-state index contributed by atoms with van der Waals surface area (Å²) in [5.74, 6) is 2.08. The van der Waals surface area contributed by atoms with Gasteiger partial charge in [0.15, 0.2) is 0 Å². The van der Waals surface area contributed by atoms with Gasteiger partial charge in [-0.3, -0.25) is 0 Å². The fraction of sp³-hybridized carbons (Fsp3) is 0.440. The highest BCUT2D eigenvalue weighted by Gasteiger charge is 2.38. The molecule has 2 nitrogen and oxygen atoms in total. The standard InChI is InChI=1S/C25H31NO/c1-3-4-5-8-16-27-19-14-15-24-23(17-19)21-12-9-13-22(21)25(26-24)20-11-7-6-10-18(20)2/h6-7,9-12,14-15,17,21-22,25-26H,3-5,8,13,16H2,1-2H3. The quantitative estimate of drug-likeness (QED) is 0.433. The van der Waals surface area contributed by atoms with E-state index in [9.17, 15) is 0 Å². The summed E-state index contributed by atoms with van der Waals surface area (Å²) in [5.41, 5.74) is 5.45. The molecule has 2 aliphatic rings. The van der Waals surface area contributed by atoms with Gasteiger partial charge in [0, 0.05) is 11.6 Å². The topological polar surface area (TPSA) is 21.3 Å². The minimum absolute atomic E-state index is 0.375. The van der Waals surface area contributed by atoms with Crippen LogP contribution in [0.25, 0.3) is 0 Å². The van der Waals surface area contributed by atoms with Crippen LogP contribution in [0, 0.1) is 12.8 Å². The van der Waals surface area contributed by atoms with Gasteiger partial charge in [0.1, 0.15) is 5.75 Å².